The highest BCUT2D eigenvalue weighted by Gasteiger charge is 2.09. The van der Waals surface area contributed by atoms with E-state index in [0.717, 1.165) is 17.3 Å². The van der Waals surface area contributed by atoms with Crippen molar-refractivity contribution >= 4 is 17.0 Å². The lowest BCUT2D eigenvalue weighted by Crippen LogP contribution is -2.05. The molecule has 3 heteroatoms. The van der Waals surface area contributed by atoms with Crippen molar-refractivity contribution in [1.82, 2.24) is 4.57 Å². The minimum Gasteiger partial charge on any atom is -0.464 e. The molecule has 2 aromatic rings. The average molecular weight is 217 g/mol. The highest BCUT2D eigenvalue weighted by Crippen LogP contribution is 2.22. The topological polar surface area (TPSA) is 42.2 Å². The van der Waals surface area contributed by atoms with Crippen LogP contribution in [0.5, 0.6) is 0 Å². The Kier molecular flexibility index (Phi) is 2.69. The summed E-state index contributed by atoms with van der Waals surface area (Å²) in [7, 11) is 0. The van der Waals surface area contributed by atoms with Gasteiger partial charge in [0, 0.05) is 11.6 Å². The highest BCUT2D eigenvalue weighted by atomic mass is 16.4. The third kappa shape index (κ3) is 1.81. The number of hydrogen-bond donors (Lipinski definition) is 1. The molecule has 0 atom stereocenters. The fourth-order valence-electron chi connectivity index (χ4n) is 2.02. The summed E-state index contributed by atoms with van der Waals surface area (Å²) in [6.07, 6.45) is 1.65. The van der Waals surface area contributed by atoms with Gasteiger partial charge in [0.2, 0.25) is 0 Å². The third-order valence-electron chi connectivity index (χ3n) is 2.66. The van der Waals surface area contributed by atoms with E-state index in [0.29, 0.717) is 5.92 Å². The van der Waals surface area contributed by atoms with Crippen molar-refractivity contribution in [2.45, 2.75) is 20.3 Å². The fourth-order valence-corrected chi connectivity index (χ4v) is 2.02. The Morgan fingerprint density at radius 1 is 1.38 bits per heavy atom. The second-order valence-electron chi connectivity index (χ2n) is 4.42. The molecular weight excluding hydrogens is 202 g/mol. The predicted molar refractivity (Wildman–Crippen MR) is 63.9 cm³/mol. The van der Waals surface area contributed by atoms with Gasteiger partial charge in [-0.1, -0.05) is 26.0 Å². The van der Waals surface area contributed by atoms with Crippen molar-refractivity contribution in [2.24, 2.45) is 5.92 Å². The van der Waals surface area contributed by atoms with Crippen LogP contribution in [0.1, 0.15) is 19.4 Å². The molecule has 1 heterocycles. The van der Waals surface area contributed by atoms with E-state index in [4.69, 9.17) is 5.11 Å². The lowest BCUT2D eigenvalue weighted by molar-refractivity contribution is 0.197. The van der Waals surface area contributed by atoms with Crippen molar-refractivity contribution in [1.29, 1.82) is 0 Å². The lowest BCUT2D eigenvalue weighted by Gasteiger charge is -2.06. The van der Waals surface area contributed by atoms with Crippen LogP contribution in [0.25, 0.3) is 10.9 Å². The number of carboxylic acid groups (broad SMARTS) is 1. The van der Waals surface area contributed by atoms with Crippen molar-refractivity contribution < 1.29 is 9.90 Å². The average Bonchev–Trinajstić information content (AvgIpc) is 2.61. The number of carbonyl (C=O) groups is 1. The first-order valence-corrected chi connectivity index (χ1v) is 5.42. The van der Waals surface area contributed by atoms with Crippen LogP contribution in [0.4, 0.5) is 4.79 Å². The van der Waals surface area contributed by atoms with E-state index in [1.807, 2.05) is 18.2 Å². The Morgan fingerprint density at radius 2 is 2.12 bits per heavy atom. The Hall–Kier alpha value is -1.77. The summed E-state index contributed by atoms with van der Waals surface area (Å²) in [6, 6.07) is 7.70. The summed E-state index contributed by atoms with van der Waals surface area (Å²) in [5.74, 6) is 0.568. The summed E-state index contributed by atoms with van der Waals surface area (Å²) in [5.41, 5.74) is 1.98. The number of rotatable bonds is 2. The minimum absolute atomic E-state index is 0.568. The van der Waals surface area contributed by atoms with Gasteiger partial charge in [0.05, 0.1) is 5.52 Å². The maximum atomic E-state index is 11.0. The minimum atomic E-state index is -0.934. The number of benzene rings is 1. The van der Waals surface area contributed by atoms with E-state index in [9.17, 15) is 4.79 Å². The second-order valence-corrected chi connectivity index (χ2v) is 4.42. The lowest BCUT2D eigenvalue weighted by atomic mass is 10.00. The first kappa shape index (κ1) is 10.7. The molecule has 1 N–H and O–H groups in total. The molecular formula is C13H15NO2. The van der Waals surface area contributed by atoms with Gasteiger partial charge in [-0.3, -0.25) is 4.57 Å². The molecule has 0 aliphatic carbocycles. The van der Waals surface area contributed by atoms with E-state index in [2.05, 4.69) is 19.9 Å². The molecule has 0 aliphatic heterocycles. The van der Waals surface area contributed by atoms with Crippen LogP contribution < -0.4 is 0 Å². The molecule has 2 rings (SSSR count). The zero-order valence-corrected chi connectivity index (χ0v) is 9.47. The molecule has 16 heavy (non-hydrogen) atoms. The second kappa shape index (κ2) is 4.00. The maximum Gasteiger partial charge on any atom is 0.415 e. The molecule has 3 nitrogen and oxygen atoms in total. The van der Waals surface area contributed by atoms with Crippen LogP contribution >= 0.6 is 0 Å². The molecule has 0 saturated heterocycles. The standard InChI is InChI=1S/C13H15NO2/c1-9(2)8-10-4-3-5-12-11(10)6-7-14(12)13(15)16/h3-7,9H,8H2,1-2H3,(H,15,16). The molecule has 0 amide bonds. The summed E-state index contributed by atoms with van der Waals surface area (Å²) in [6.45, 7) is 4.32. The molecule has 84 valence electrons. The molecule has 0 fully saturated rings. The van der Waals surface area contributed by atoms with E-state index in [-0.39, 0.29) is 0 Å². The maximum absolute atomic E-state index is 11.0. The first-order valence-electron chi connectivity index (χ1n) is 5.42. The van der Waals surface area contributed by atoms with Gasteiger partial charge >= 0.3 is 6.09 Å². The summed E-state index contributed by atoms with van der Waals surface area (Å²) < 4.78 is 1.26. The van der Waals surface area contributed by atoms with E-state index >= 15 is 0 Å². The monoisotopic (exact) mass is 217 g/mol. The molecule has 0 spiro atoms. The van der Waals surface area contributed by atoms with Crippen LogP contribution in [0.2, 0.25) is 0 Å². The summed E-state index contributed by atoms with van der Waals surface area (Å²) in [4.78, 5) is 11.0. The van der Waals surface area contributed by atoms with Crippen molar-refractivity contribution in [3.05, 3.63) is 36.0 Å². The zero-order valence-electron chi connectivity index (χ0n) is 9.47. The summed E-state index contributed by atoms with van der Waals surface area (Å²) >= 11 is 0. The van der Waals surface area contributed by atoms with E-state index in [1.54, 1.807) is 6.20 Å². The molecule has 1 aromatic heterocycles. The van der Waals surface area contributed by atoms with Crippen LogP contribution in [-0.4, -0.2) is 15.8 Å². The number of nitrogens with zero attached hydrogens (tertiary/aromatic N) is 1. The largest absolute Gasteiger partial charge is 0.464 e. The SMILES string of the molecule is CC(C)Cc1cccc2c1ccn2C(=O)O. The van der Waals surface area contributed by atoms with Crippen LogP contribution in [-0.2, 0) is 6.42 Å². The molecule has 0 bridgehead atoms. The highest BCUT2D eigenvalue weighted by molar-refractivity contribution is 5.90. The number of hydrogen-bond acceptors (Lipinski definition) is 1. The molecule has 0 aliphatic rings. The first-order chi connectivity index (χ1) is 7.59. The normalized spacial score (nSPS) is 11.2. The quantitative estimate of drug-likeness (QED) is 0.838. The van der Waals surface area contributed by atoms with Gasteiger partial charge < -0.3 is 5.11 Å². The van der Waals surface area contributed by atoms with Crippen LogP contribution in [0.15, 0.2) is 30.5 Å². The molecule has 1 aromatic carbocycles. The Balaban J connectivity index is 2.57. The van der Waals surface area contributed by atoms with Gasteiger partial charge in [0.1, 0.15) is 0 Å². The van der Waals surface area contributed by atoms with Gasteiger partial charge in [-0.25, -0.2) is 4.79 Å². The summed E-state index contributed by atoms with van der Waals surface area (Å²) in [5, 5.41) is 10.0. The van der Waals surface area contributed by atoms with E-state index < -0.39 is 6.09 Å². The zero-order chi connectivity index (χ0) is 11.7. The van der Waals surface area contributed by atoms with Crippen molar-refractivity contribution in [3.8, 4) is 0 Å². The number of fused-ring (bicyclic) bond motifs is 1. The Bertz CT molecular complexity index is 526. The fraction of sp³-hybridized carbons (Fsp3) is 0.308. The van der Waals surface area contributed by atoms with Crippen molar-refractivity contribution in [2.75, 3.05) is 0 Å². The molecule has 0 unspecified atom stereocenters. The van der Waals surface area contributed by atoms with Gasteiger partial charge in [0.15, 0.2) is 0 Å². The predicted octanol–water partition coefficient (Wildman–Crippen LogP) is 3.37. The smallest absolute Gasteiger partial charge is 0.415 e. The number of aromatic nitrogens is 1. The van der Waals surface area contributed by atoms with Gasteiger partial charge in [0.25, 0.3) is 0 Å². The van der Waals surface area contributed by atoms with Gasteiger partial charge in [-0.05, 0) is 30.0 Å². The van der Waals surface area contributed by atoms with Crippen LogP contribution in [0.3, 0.4) is 0 Å². The molecule has 0 radical (unpaired) electrons. The Labute approximate surface area is 94.3 Å². The molecule has 0 saturated carbocycles. The van der Waals surface area contributed by atoms with E-state index in [1.165, 1.54) is 10.1 Å². The van der Waals surface area contributed by atoms with Crippen LogP contribution in [0, 0.1) is 5.92 Å². The van der Waals surface area contributed by atoms with Gasteiger partial charge in [-0.15, -0.1) is 0 Å². The van der Waals surface area contributed by atoms with Gasteiger partial charge in [-0.2, -0.15) is 0 Å². The third-order valence-corrected chi connectivity index (χ3v) is 2.66. The van der Waals surface area contributed by atoms with Crippen molar-refractivity contribution in [3.63, 3.8) is 0 Å². The Morgan fingerprint density at radius 3 is 2.75 bits per heavy atom.